The summed E-state index contributed by atoms with van der Waals surface area (Å²) < 4.78 is 33.0. The SMILES string of the molecule is CO[Si](CCCc1cc(C(N)=O)c(CCC[Si](OC)(OC)OC)nc1NN=C(C)C)(OC)OC. The third-order valence-corrected chi connectivity index (χ3v) is 11.2. The van der Waals surface area contributed by atoms with E-state index in [1.165, 1.54) is 0 Å². The van der Waals surface area contributed by atoms with Gasteiger partial charge in [-0.2, -0.15) is 5.10 Å². The maximum absolute atomic E-state index is 12.3. The van der Waals surface area contributed by atoms with Crippen LogP contribution >= 0.6 is 0 Å². The number of anilines is 1. The average molecular weight is 517 g/mol. The van der Waals surface area contributed by atoms with Gasteiger partial charge in [0.25, 0.3) is 5.91 Å². The minimum absolute atomic E-state index is 0.381. The van der Waals surface area contributed by atoms with Crippen LogP contribution in [0.4, 0.5) is 5.82 Å². The van der Waals surface area contributed by atoms with Crippen molar-refractivity contribution in [3.8, 4) is 0 Å². The Balaban J connectivity index is 3.20. The molecule has 0 spiro atoms. The van der Waals surface area contributed by atoms with E-state index in [9.17, 15) is 4.79 Å². The number of pyridine rings is 1. The zero-order valence-electron chi connectivity index (χ0n) is 21.6. The molecule has 0 saturated carbocycles. The summed E-state index contributed by atoms with van der Waals surface area (Å²) >= 11 is 0. The van der Waals surface area contributed by atoms with Crippen molar-refractivity contribution in [2.24, 2.45) is 10.8 Å². The number of aromatic nitrogens is 1. The van der Waals surface area contributed by atoms with Crippen molar-refractivity contribution >= 4 is 35.0 Å². The van der Waals surface area contributed by atoms with Gasteiger partial charge in [0.2, 0.25) is 0 Å². The normalized spacial score (nSPS) is 12.0. The molecule has 0 radical (unpaired) electrons. The van der Waals surface area contributed by atoms with Crippen LogP contribution in [0, 0.1) is 0 Å². The molecule has 0 aliphatic rings. The molecule has 0 aliphatic heterocycles. The lowest BCUT2D eigenvalue weighted by Crippen LogP contribution is -2.42. The number of primary amides is 1. The Morgan fingerprint density at radius 2 is 1.38 bits per heavy atom. The predicted molar refractivity (Wildman–Crippen MR) is 135 cm³/mol. The number of rotatable bonds is 17. The summed E-state index contributed by atoms with van der Waals surface area (Å²) in [5.41, 5.74) is 11.4. The van der Waals surface area contributed by atoms with Crippen LogP contribution in [-0.4, -0.2) is 76.9 Å². The summed E-state index contributed by atoms with van der Waals surface area (Å²) in [6, 6.07) is 2.97. The van der Waals surface area contributed by atoms with Gasteiger partial charge in [0, 0.05) is 60.5 Å². The fourth-order valence-corrected chi connectivity index (χ4v) is 6.97. The fraction of sp³-hybridized carbons (Fsp3) is 0.667. The zero-order chi connectivity index (χ0) is 25.8. The number of amides is 1. The Morgan fingerprint density at radius 1 is 0.912 bits per heavy atom. The third kappa shape index (κ3) is 8.50. The van der Waals surface area contributed by atoms with Gasteiger partial charge in [-0.1, -0.05) is 0 Å². The van der Waals surface area contributed by atoms with Crippen LogP contribution in [0.2, 0.25) is 12.1 Å². The van der Waals surface area contributed by atoms with Crippen molar-refractivity contribution in [1.82, 2.24) is 4.98 Å². The number of carbonyl (C=O) groups excluding carboxylic acids is 1. The Hall–Kier alpha value is -1.72. The van der Waals surface area contributed by atoms with Crippen molar-refractivity contribution in [2.75, 3.05) is 48.1 Å². The van der Waals surface area contributed by atoms with Gasteiger partial charge in [-0.25, -0.2) is 4.98 Å². The second-order valence-corrected chi connectivity index (χ2v) is 14.0. The van der Waals surface area contributed by atoms with Gasteiger partial charge in [-0.3, -0.25) is 10.2 Å². The van der Waals surface area contributed by atoms with Crippen LogP contribution < -0.4 is 11.2 Å². The molecule has 0 saturated heterocycles. The molecule has 1 amide bonds. The number of hydrogen-bond acceptors (Lipinski definition) is 10. The highest BCUT2D eigenvalue weighted by Gasteiger charge is 2.38. The largest absolute Gasteiger partial charge is 0.500 e. The maximum Gasteiger partial charge on any atom is 0.500 e. The Labute approximate surface area is 205 Å². The summed E-state index contributed by atoms with van der Waals surface area (Å²) in [6.07, 6.45) is 2.45. The first-order valence-electron chi connectivity index (χ1n) is 11.1. The second-order valence-electron chi connectivity index (χ2n) is 7.82. The number of hydrogen-bond donors (Lipinski definition) is 2. The van der Waals surface area contributed by atoms with E-state index in [2.05, 4.69) is 10.5 Å². The van der Waals surface area contributed by atoms with Crippen molar-refractivity contribution in [2.45, 2.75) is 51.6 Å². The lowest BCUT2D eigenvalue weighted by molar-refractivity contribution is 0.0998. The van der Waals surface area contributed by atoms with E-state index in [1.807, 2.05) is 13.8 Å². The molecule has 0 unspecified atom stereocenters. The van der Waals surface area contributed by atoms with Gasteiger partial charge in [0.15, 0.2) is 0 Å². The molecule has 3 N–H and O–H groups in total. The molecule has 13 heteroatoms. The van der Waals surface area contributed by atoms with Crippen LogP contribution in [-0.2, 0) is 39.4 Å². The highest BCUT2D eigenvalue weighted by atomic mass is 28.4. The number of nitrogens with two attached hydrogens (primary N) is 1. The molecule has 1 aromatic heterocycles. The van der Waals surface area contributed by atoms with Crippen LogP contribution in [0.5, 0.6) is 0 Å². The third-order valence-electron chi connectivity index (χ3n) is 5.52. The molecule has 0 atom stereocenters. The van der Waals surface area contributed by atoms with E-state index in [-0.39, 0.29) is 0 Å². The molecule has 0 aromatic carbocycles. The minimum atomic E-state index is -2.73. The molecule has 11 nitrogen and oxygen atoms in total. The Morgan fingerprint density at radius 3 is 1.79 bits per heavy atom. The monoisotopic (exact) mass is 516 g/mol. The van der Waals surface area contributed by atoms with Gasteiger partial charge < -0.3 is 32.3 Å². The number of hydrazone groups is 1. The first-order valence-corrected chi connectivity index (χ1v) is 14.9. The molecule has 0 bridgehead atoms. The minimum Gasteiger partial charge on any atom is -0.377 e. The first-order chi connectivity index (χ1) is 16.1. The van der Waals surface area contributed by atoms with Crippen molar-refractivity contribution in [3.05, 3.63) is 22.9 Å². The van der Waals surface area contributed by atoms with E-state index in [0.29, 0.717) is 54.8 Å². The predicted octanol–water partition coefficient (Wildman–Crippen LogP) is 2.61. The number of carbonyl (C=O) groups is 1. The number of nitrogens with one attached hydrogen (secondary N) is 1. The molecular weight excluding hydrogens is 476 g/mol. The second kappa shape index (κ2) is 14.6. The lowest BCUT2D eigenvalue weighted by Gasteiger charge is -2.24. The summed E-state index contributed by atoms with van der Waals surface area (Å²) in [5, 5.41) is 4.31. The fourth-order valence-electron chi connectivity index (χ4n) is 3.53. The Bertz CT molecular complexity index is 798. The van der Waals surface area contributed by atoms with Gasteiger partial charge in [0.1, 0.15) is 5.82 Å². The lowest BCUT2D eigenvalue weighted by atomic mass is 10.0. The highest BCUT2D eigenvalue weighted by Crippen LogP contribution is 2.25. The zero-order valence-corrected chi connectivity index (χ0v) is 23.6. The molecule has 0 fully saturated rings. The van der Waals surface area contributed by atoms with Crippen molar-refractivity contribution < 1.29 is 31.4 Å². The summed E-state index contributed by atoms with van der Waals surface area (Å²) in [6.45, 7) is 3.76. The maximum atomic E-state index is 12.3. The van der Waals surface area contributed by atoms with Crippen LogP contribution in [0.15, 0.2) is 11.2 Å². The molecular formula is C21H40N4O7Si2. The number of aryl methyl sites for hydroxylation is 2. The molecule has 1 heterocycles. The topological polar surface area (TPSA) is 136 Å². The Kier molecular flexibility index (Phi) is 13.0. The standard InChI is InChI=1S/C21H40N4O7Si2/c1-16(2)24-25-21-17(11-9-13-33(27-3,28-4)29-5)15-18(20(22)26)19(23-21)12-10-14-34(30-6,31-7)32-8/h15H,9-14H2,1-8H3,(H2,22,26)(H,23,25). The average Bonchev–Trinajstić information content (AvgIpc) is 2.84. The highest BCUT2D eigenvalue weighted by molar-refractivity contribution is 6.60. The summed E-state index contributed by atoms with van der Waals surface area (Å²) in [7, 11) is 4.03. The van der Waals surface area contributed by atoms with Crippen molar-refractivity contribution in [3.63, 3.8) is 0 Å². The van der Waals surface area contributed by atoms with E-state index in [4.69, 9.17) is 37.3 Å². The molecule has 194 valence electrons. The van der Waals surface area contributed by atoms with E-state index < -0.39 is 23.5 Å². The van der Waals surface area contributed by atoms with Crippen LogP contribution in [0.25, 0.3) is 0 Å². The van der Waals surface area contributed by atoms with E-state index >= 15 is 0 Å². The quantitative estimate of drug-likeness (QED) is 0.182. The van der Waals surface area contributed by atoms with Crippen molar-refractivity contribution in [1.29, 1.82) is 0 Å². The van der Waals surface area contributed by atoms with Gasteiger partial charge in [-0.05, 0) is 51.2 Å². The van der Waals surface area contributed by atoms with Gasteiger partial charge in [0.05, 0.1) is 11.3 Å². The van der Waals surface area contributed by atoms with E-state index in [0.717, 1.165) is 11.3 Å². The van der Waals surface area contributed by atoms with Crippen LogP contribution in [0.1, 0.15) is 48.3 Å². The van der Waals surface area contributed by atoms with E-state index in [1.54, 1.807) is 48.7 Å². The van der Waals surface area contributed by atoms with Gasteiger partial charge >= 0.3 is 17.6 Å². The summed E-state index contributed by atoms with van der Waals surface area (Å²) in [4.78, 5) is 17.0. The number of nitrogens with zero attached hydrogens (tertiary/aromatic N) is 2. The molecule has 0 aliphatic carbocycles. The first kappa shape index (κ1) is 30.3. The molecule has 34 heavy (non-hydrogen) atoms. The smallest absolute Gasteiger partial charge is 0.377 e. The molecule has 1 rings (SSSR count). The summed E-state index contributed by atoms with van der Waals surface area (Å²) in [5.74, 6) is 0.0445. The molecule has 1 aromatic rings. The van der Waals surface area contributed by atoms with Gasteiger partial charge in [-0.15, -0.1) is 0 Å². The van der Waals surface area contributed by atoms with Crippen LogP contribution in [0.3, 0.4) is 0 Å².